The molecule has 2 nitrogen and oxygen atoms in total. The quantitative estimate of drug-likeness (QED) is 0.779. The fraction of sp³-hybridized carbons (Fsp3) is 0.375. The number of pyridine rings is 1. The molecular formula is C8H9IN2. The van der Waals surface area contributed by atoms with Crippen LogP contribution in [0.1, 0.15) is 18.4 Å². The van der Waals surface area contributed by atoms with Crippen molar-refractivity contribution in [2.24, 2.45) is 5.73 Å². The molecule has 0 radical (unpaired) electrons. The summed E-state index contributed by atoms with van der Waals surface area (Å²) in [4.78, 5) is 4.07. The summed E-state index contributed by atoms with van der Waals surface area (Å²) in [5, 5.41) is 0. The highest BCUT2D eigenvalue weighted by molar-refractivity contribution is 14.1. The van der Waals surface area contributed by atoms with E-state index in [0.29, 0.717) is 0 Å². The number of nitrogens with two attached hydrogens (primary N) is 1. The molecule has 1 aromatic rings. The summed E-state index contributed by atoms with van der Waals surface area (Å²) >= 11 is 2.31. The molecule has 2 N–H and O–H groups in total. The van der Waals surface area contributed by atoms with Gasteiger partial charge < -0.3 is 5.73 Å². The molecule has 0 unspecified atom stereocenters. The highest BCUT2D eigenvalue weighted by Crippen LogP contribution is 2.43. The van der Waals surface area contributed by atoms with Gasteiger partial charge in [0.2, 0.25) is 0 Å². The molecule has 0 saturated heterocycles. The van der Waals surface area contributed by atoms with Crippen LogP contribution in [0.15, 0.2) is 18.5 Å². The number of rotatable bonds is 1. The Bertz CT molecular complexity index is 281. The number of hydrogen-bond donors (Lipinski definition) is 1. The maximum Gasteiger partial charge on any atom is 0.0437 e. The van der Waals surface area contributed by atoms with Gasteiger partial charge in [-0.2, -0.15) is 0 Å². The van der Waals surface area contributed by atoms with Crippen LogP contribution in [0.25, 0.3) is 0 Å². The Morgan fingerprint density at radius 3 is 2.82 bits per heavy atom. The molecule has 1 fully saturated rings. The standard InChI is InChI=1S/C8H9IN2/c9-7-1-4-11-5-6(7)8(10)2-3-8/h1,4-5H,2-3,10H2. The van der Waals surface area contributed by atoms with Crippen LogP contribution in [-0.4, -0.2) is 4.98 Å². The molecule has 1 saturated carbocycles. The first-order valence-electron chi connectivity index (χ1n) is 3.61. The molecule has 0 aromatic carbocycles. The van der Waals surface area contributed by atoms with Crippen LogP contribution in [0.5, 0.6) is 0 Å². The Hall–Kier alpha value is -0.160. The number of halogens is 1. The van der Waals surface area contributed by atoms with E-state index in [4.69, 9.17) is 5.73 Å². The van der Waals surface area contributed by atoms with Gasteiger partial charge in [-0.15, -0.1) is 0 Å². The lowest BCUT2D eigenvalue weighted by molar-refractivity contribution is 0.730. The van der Waals surface area contributed by atoms with Crippen molar-refractivity contribution in [1.29, 1.82) is 0 Å². The van der Waals surface area contributed by atoms with Gasteiger partial charge >= 0.3 is 0 Å². The van der Waals surface area contributed by atoms with Crippen molar-refractivity contribution in [1.82, 2.24) is 4.98 Å². The molecule has 0 aliphatic heterocycles. The maximum absolute atomic E-state index is 6.02. The minimum absolute atomic E-state index is 0.0369. The van der Waals surface area contributed by atoms with E-state index in [2.05, 4.69) is 27.6 Å². The van der Waals surface area contributed by atoms with Gasteiger partial charge in [0, 0.05) is 27.1 Å². The second kappa shape index (κ2) is 2.42. The fourth-order valence-electron chi connectivity index (χ4n) is 1.15. The van der Waals surface area contributed by atoms with Crippen LogP contribution in [0.3, 0.4) is 0 Å². The Labute approximate surface area is 79.3 Å². The SMILES string of the molecule is NC1(c2cnccc2I)CC1. The van der Waals surface area contributed by atoms with E-state index >= 15 is 0 Å². The second-order valence-electron chi connectivity index (χ2n) is 3.01. The molecule has 58 valence electrons. The first-order chi connectivity index (χ1) is 5.22. The summed E-state index contributed by atoms with van der Waals surface area (Å²) in [5.74, 6) is 0. The third-order valence-electron chi connectivity index (χ3n) is 2.09. The highest BCUT2D eigenvalue weighted by Gasteiger charge is 2.41. The van der Waals surface area contributed by atoms with E-state index in [1.54, 1.807) is 6.20 Å². The molecule has 1 aromatic heterocycles. The van der Waals surface area contributed by atoms with E-state index in [1.807, 2.05) is 12.3 Å². The molecule has 1 heterocycles. The molecule has 1 aliphatic rings. The van der Waals surface area contributed by atoms with E-state index in [9.17, 15) is 0 Å². The van der Waals surface area contributed by atoms with Crippen molar-refractivity contribution in [2.75, 3.05) is 0 Å². The van der Waals surface area contributed by atoms with Gasteiger partial charge in [-0.3, -0.25) is 4.98 Å². The summed E-state index contributed by atoms with van der Waals surface area (Å²) in [6.07, 6.45) is 5.90. The molecule has 0 amide bonds. The van der Waals surface area contributed by atoms with Crippen LogP contribution in [0.4, 0.5) is 0 Å². The average molecular weight is 260 g/mol. The van der Waals surface area contributed by atoms with E-state index < -0.39 is 0 Å². The normalized spacial score (nSPS) is 19.8. The van der Waals surface area contributed by atoms with Crippen molar-refractivity contribution < 1.29 is 0 Å². The predicted molar refractivity (Wildman–Crippen MR) is 52.1 cm³/mol. The molecule has 11 heavy (non-hydrogen) atoms. The average Bonchev–Trinajstić information content (AvgIpc) is 2.70. The fourth-order valence-corrected chi connectivity index (χ4v) is 1.99. The maximum atomic E-state index is 6.02. The molecule has 0 atom stereocenters. The number of hydrogen-bond acceptors (Lipinski definition) is 2. The Morgan fingerprint density at radius 1 is 1.55 bits per heavy atom. The van der Waals surface area contributed by atoms with Crippen molar-refractivity contribution >= 4 is 22.6 Å². The van der Waals surface area contributed by atoms with Gasteiger partial charge in [0.25, 0.3) is 0 Å². The van der Waals surface area contributed by atoms with Crippen molar-refractivity contribution in [3.8, 4) is 0 Å². The summed E-state index contributed by atoms with van der Waals surface area (Å²) in [6.45, 7) is 0. The zero-order chi connectivity index (χ0) is 7.90. The second-order valence-corrected chi connectivity index (χ2v) is 4.17. The predicted octanol–water partition coefficient (Wildman–Crippen LogP) is 1.63. The number of nitrogens with zero attached hydrogens (tertiary/aromatic N) is 1. The van der Waals surface area contributed by atoms with Crippen LogP contribution < -0.4 is 5.73 Å². The van der Waals surface area contributed by atoms with Gasteiger partial charge in [-0.25, -0.2) is 0 Å². The van der Waals surface area contributed by atoms with Crippen molar-refractivity contribution in [3.05, 3.63) is 27.6 Å². The minimum atomic E-state index is -0.0369. The van der Waals surface area contributed by atoms with Crippen molar-refractivity contribution in [3.63, 3.8) is 0 Å². The third-order valence-corrected chi connectivity index (χ3v) is 3.03. The van der Waals surface area contributed by atoms with Gasteiger partial charge in [0.05, 0.1) is 0 Å². The molecule has 0 spiro atoms. The first kappa shape index (κ1) is 7.49. The molecule has 1 aliphatic carbocycles. The van der Waals surface area contributed by atoms with Gasteiger partial charge in [0.1, 0.15) is 0 Å². The summed E-state index contributed by atoms with van der Waals surface area (Å²) in [5.41, 5.74) is 7.20. The van der Waals surface area contributed by atoms with Crippen LogP contribution in [-0.2, 0) is 5.54 Å². The van der Waals surface area contributed by atoms with E-state index in [1.165, 1.54) is 9.13 Å². The Balaban J connectivity index is 2.45. The third kappa shape index (κ3) is 1.27. The Kier molecular flexibility index (Phi) is 1.64. The summed E-state index contributed by atoms with van der Waals surface area (Å²) < 4.78 is 1.23. The largest absolute Gasteiger partial charge is 0.321 e. The van der Waals surface area contributed by atoms with Crippen molar-refractivity contribution in [2.45, 2.75) is 18.4 Å². The Morgan fingerprint density at radius 2 is 2.27 bits per heavy atom. The van der Waals surface area contributed by atoms with Gasteiger partial charge in [-0.05, 0) is 41.5 Å². The lowest BCUT2D eigenvalue weighted by atomic mass is 10.1. The van der Waals surface area contributed by atoms with E-state index in [-0.39, 0.29) is 5.54 Å². The number of aromatic nitrogens is 1. The molecule has 2 rings (SSSR count). The lowest BCUT2D eigenvalue weighted by Gasteiger charge is -2.09. The topological polar surface area (TPSA) is 38.9 Å². The van der Waals surface area contributed by atoms with Crippen LogP contribution >= 0.6 is 22.6 Å². The van der Waals surface area contributed by atoms with Crippen LogP contribution in [0.2, 0.25) is 0 Å². The minimum Gasteiger partial charge on any atom is -0.321 e. The zero-order valence-corrected chi connectivity index (χ0v) is 8.21. The summed E-state index contributed by atoms with van der Waals surface area (Å²) in [7, 11) is 0. The monoisotopic (exact) mass is 260 g/mol. The first-order valence-corrected chi connectivity index (χ1v) is 4.69. The molecule has 3 heteroatoms. The van der Waals surface area contributed by atoms with Gasteiger partial charge in [0.15, 0.2) is 0 Å². The summed E-state index contributed by atoms with van der Waals surface area (Å²) in [6, 6.07) is 2.00. The van der Waals surface area contributed by atoms with E-state index in [0.717, 1.165) is 12.8 Å². The molecule has 0 bridgehead atoms. The lowest BCUT2D eigenvalue weighted by Crippen LogP contribution is -2.20. The molecular weight excluding hydrogens is 251 g/mol. The van der Waals surface area contributed by atoms with Crippen LogP contribution in [0, 0.1) is 3.57 Å². The zero-order valence-electron chi connectivity index (χ0n) is 6.05. The smallest absolute Gasteiger partial charge is 0.0437 e. The van der Waals surface area contributed by atoms with Gasteiger partial charge in [-0.1, -0.05) is 0 Å². The highest BCUT2D eigenvalue weighted by atomic mass is 127.